The van der Waals surface area contributed by atoms with Crippen molar-refractivity contribution in [2.45, 2.75) is 25.3 Å². The third-order valence-electron chi connectivity index (χ3n) is 6.83. The van der Waals surface area contributed by atoms with Gasteiger partial charge in [0.15, 0.2) is 0 Å². The Balaban J connectivity index is 1.41. The fourth-order valence-corrected chi connectivity index (χ4v) is 6.98. The molecule has 2 aromatic carbocycles. The van der Waals surface area contributed by atoms with E-state index in [4.69, 9.17) is 13.9 Å². The molecule has 1 fully saturated rings. The molecule has 0 radical (unpaired) electrons. The molecule has 1 saturated heterocycles. The number of thiazole rings is 1. The molecule has 1 N–H and O–H groups in total. The van der Waals surface area contributed by atoms with Gasteiger partial charge in [0.05, 0.1) is 35.3 Å². The van der Waals surface area contributed by atoms with Crippen LogP contribution in [-0.4, -0.2) is 62.1 Å². The van der Waals surface area contributed by atoms with Crippen LogP contribution in [0.4, 0.5) is 5.69 Å². The molecule has 0 bridgehead atoms. The van der Waals surface area contributed by atoms with Gasteiger partial charge in [-0.1, -0.05) is 18.2 Å². The second kappa shape index (κ2) is 13.6. The van der Waals surface area contributed by atoms with Crippen LogP contribution in [0.15, 0.2) is 74.8 Å². The molecule has 44 heavy (non-hydrogen) atoms. The van der Waals surface area contributed by atoms with Gasteiger partial charge in [-0.25, -0.2) is 13.2 Å². The number of amides is 1. The number of morpholine rings is 1. The lowest BCUT2D eigenvalue weighted by Gasteiger charge is -2.26. The highest BCUT2D eigenvalue weighted by Gasteiger charge is 2.26. The monoisotopic (exact) mass is 637 g/mol. The molecule has 3 heterocycles. The van der Waals surface area contributed by atoms with Gasteiger partial charge in [-0.3, -0.25) is 14.2 Å². The highest BCUT2D eigenvalue weighted by molar-refractivity contribution is 7.89. The molecule has 1 aliphatic heterocycles. The highest BCUT2D eigenvalue weighted by Crippen LogP contribution is 2.25. The topological polar surface area (TPSA) is 137 Å². The van der Waals surface area contributed by atoms with Crippen molar-refractivity contribution < 1.29 is 31.9 Å². The first-order valence-electron chi connectivity index (χ1n) is 13.9. The van der Waals surface area contributed by atoms with Crippen molar-refractivity contribution in [3.05, 3.63) is 91.5 Å². The van der Waals surface area contributed by atoms with E-state index < -0.39 is 27.5 Å². The van der Waals surface area contributed by atoms with Crippen molar-refractivity contribution in [1.29, 1.82) is 0 Å². The fourth-order valence-electron chi connectivity index (χ4n) is 4.57. The minimum Gasteiger partial charge on any atom is -0.463 e. The summed E-state index contributed by atoms with van der Waals surface area (Å²) in [5.41, 5.74) is 1.67. The van der Waals surface area contributed by atoms with Crippen LogP contribution in [0.1, 0.15) is 18.2 Å². The van der Waals surface area contributed by atoms with Crippen molar-refractivity contribution in [3.8, 4) is 11.3 Å². The standard InChI is InChI=1S/C31H31N3O8S2/c1-3-41-30(36)19-29-34(20-28(35)32-25-7-5-4-6-21(25)2)31(37)27(43-29)18-23-10-13-26(42-23)22-8-11-24(12-9-22)44(38,39)33-14-16-40-17-15-33/h4-13,18-19H,3,14-17,20H2,1-2H3,(H,32,35)/b27-18-,29-19-. The molecule has 5 rings (SSSR count). The molecule has 2 aromatic heterocycles. The van der Waals surface area contributed by atoms with Crippen molar-refractivity contribution in [2.75, 3.05) is 38.2 Å². The third-order valence-corrected chi connectivity index (χ3v) is 9.80. The number of hydrogen-bond donors (Lipinski definition) is 1. The Morgan fingerprint density at radius 2 is 1.77 bits per heavy atom. The number of esters is 1. The zero-order valence-electron chi connectivity index (χ0n) is 24.1. The van der Waals surface area contributed by atoms with Gasteiger partial charge in [0, 0.05) is 30.4 Å². The van der Waals surface area contributed by atoms with Crippen molar-refractivity contribution >= 4 is 51.1 Å². The SMILES string of the molecule is CCOC(=O)/C=c1\s/c(=C\c2ccc(-c3ccc(S(=O)(=O)N4CCOCC4)cc3)o2)c(=O)n1CC(=O)Nc1ccccc1C. The number of benzene rings is 2. The largest absolute Gasteiger partial charge is 0.463 e. The van der Waals surface area contributed by atoms with E-state index in [0.717, 1.165) is 16.9 Å². The molecule has 13 heteroatoms. The summed E-state index contributed by atoms with van der Waals surface area (Å²) in [6.45, 7) is 4.72. The molecule has 11 nitrogen and oxygen atoms in total. The molecule has 0 spiro atoms. The van der Waals surface area contributed by atoms with E-state index in [2.05, 4.69) is 5.32 Å². The molecular weight excluding hydrogens is 606 g/mol. The van der Waals surface area contributed by atoms with Crippen molar-refractivity contribution in [2.24, 2.45) is 0 Å². The average molecular weight is 638 g/mol. The molecule has 0 unspecified atom stereocenters. The number of para-hydroxylation sites is 1. The first-order chi connectivity index (χ1) is 21.2. The Morgan fingerprint density at radius 3 is 2.48 bits per heavy atom. The molecular formula is C31H31N3O8S2. The zero-order valence-corrected chi connectivity index (χ0v) is 25.8. The summed E-state index contributed by atoms with van der Waals surface area (Å²) in [4.78, 5) is 38.7. The fraction of sp³-hybridized carbons (Fsp3) is 0.258. The number of sulfonamides is 1. The van der Waals surface area contributed by atoms with E-state index >= 15 is 0 Å². The Labute approximate surface area is 257 Å². The second-order valence-electron chi connectivity index (χ2n) is 9.84. The minimum absolute atomic E-state index is 0.160. The molecule has 0 atom stereocenters. The third kappa shape index (κ3) is 7.08. The first-order valence-corrected chi connectivity index (χ1v) is 16.1. The predicted octanol–water partition coefficient (Wildman–Crippen LogP) is 2.31. The van der Waals surface area contributed by atoms with Crippen LogP contribution in [0, 0.1) is 6.92 Å². The number of anilines is 1. The normalized spacial score (nSPS) is 15.0. The average Bonchev–Trinajstić information content (AvgIpc) is 3.59. The van der Waals surface area contributed by atoms with Crippen molar-refractivity contribution in [1.82, 2.24) is 8.87 Å². The van der Waals surface area contributed by atoms with Gasteiger partial charge < -0.3 is 19.2 Å². The zero-order chi connectivity index (χ0) is 31.3. The summed E-state index contributed by atoms with van der Waals surface area (Å²) in [5.74, 6) is -0.224. The quantitative estimate of drug-likeness (QED) is 0.276. The summed E-state index contributed by atoms with van der Waals surface area (Å²) in [6, 6.07) is 17.1. The van der Waals surface area contributed by atoms with Crippen LogP contribution in [0.3, 0.4) is 0 Å². The maximum Gasteiger partial charge on any atom is 0.333 e. The minimum atomic E-state index is -3.63. The second-order valence-corrected chi connectivity index (χ2v) is 12.8. The lowest BCUT2D eigenvalue weighted by molar-refractivity contribution is -0.135. The maximum atomic E-state index is 13.4. The van der Waals surface area contributed by atoms with Crippen LogP contribution in [0.5, 0.6) is 0 Å². The van der Waals surface area contributed by atoms with Crippen LogP contribution >= 0.6 is 11.3 Å². The number of nitrogens with one attached hydrogen (secondary N) is 1. The number of carbonyl (C=O) groups is 2. The summed E-state index contributed by atoms with van der Waals surface area (Å²) in [5, 5.41) is 2.81. The van der Waals surface area contributed by atoms with E-state index in [-0.39, 0.29) is 27.2 Å². The van der Waals surface area contributed by atoms with Gasteiger partial charge in [0.1, 0.15) is 22.7 Å². The number of aryl methyl sites for hydroxylation is 1. The van der Waals surface area contributed by atoms with Gasteiger partial charge in [0.25, 0.3) is 5.56 Å². The molecule has 1 aliphatic rings. The van der Waals surface area contributed by atoms with Crippen LogP contribution in [0.25, 0.3) is 23.5 Å². The van der Waals surface area contributed by atoms with Crippen LogP contribution in [-0.2, 0) is 35.6 Å². The van der Waals surface area contributed by atoms with E-state index in [9.17, 15) is 22.8 Å². The smallest absolute Gasteiger partial charge is 0.333 e. The van der Waals surface area contributed by atoms with Gasteiger partial charge in [-0.2, -0.15) is 4.31 Å². The van der Waals surface area contributed by atoms with Crippen molar-refractivity contribution in [3.63, 3.8) is 0 Å². The number of nitrogens with zero attached hydrogens (tertiary/aromatic N) is 2. The van der Waals surface area contributed by atoms with Crippen LogP contribution < -0.4 is 20.1 Å². The van der Waals surface area contributed by atoms with E-state index in [1.807, 2.05) is 19.1 Å². The lowest BCUT2D eigenvalue weighted by Crippen LogP contribution is -2.40. The summed E-state index contributed by atoms with van der Waals surface area (Å²) < 4.78 is 45.2. The van der Waals surface area contributed by atoms with E-state index in [0.29, 0.717) is 49.1 Å². The number of hydrogen-bond acceptors (Lipinski definition) is 9. The maximum absolute atomic E-state index is 13.4. The molecule has 4 aromatic rings. The van der Waals surface area contributed by atoms with Crippen LogP contribution in [0.2, 0.25) is 0 Å². The molecule has 230 valence electrons. The van der Waals surface area contributed by atoms with E-state index in [1.54, 1.807) is 43.3 Å². The Hall–Kier alpha value is -4.30. The highest BCUT2D eigenvalue weighted by atomic mass is 32.2. The van der Waals surface area contributed by atoms with E-state index in [1.165, 1.54) is 33.2 Å². The number of rotatable bonds is 9. The Morgan fingerprint density at radius 1 is 1.05 bits per heavy atom. The van der Waals surface area contributed by atoms with Gasteiger partial charge in [-0.05, 0) is 61.9 Å². The predicted molar refractivity (Wildman–Crippen MR) is 166 cm³/mol. The van der Waals surface area contributed by atoms with Gasteiger partial charge >= 0.3 is 5.97 Å². The Kier molecular flexibility index (Phi) is 9.59. The lowest BCUT2D eigenvalue weighted by atomic mass is 10.2. The molecule has 1 amide bonds. The number of aromatic nitrogens is 1. The number of ether oxygens (including phenoxy) is 2. The van der Waals surface area contributed by atoms with Gasteiger partial charge in [0.2, 0.25) is 15.9 Å². The summed E-state index contributed by atoms with van der Waals surface area (Å²) in [6.07, 6.45) is 2.72. The molecule has 0 aliphatic carbocycles. The Bertz CT molecular complexity index is 1950. The number of carbonyl (C=O) groups excluding carboxylic acids is 2. The van der Waals surface area contributed by atoms with Gasteiger partial charge in [-0.15, -0.1) is 11.3 Å². The number of furan rings is 1. The summed E-state index contributed by atoms with van der Waals surface area (Å²) >= 11 is 1.03. The molecule has 0 saturated carbocycles. The summed E-state index contributed by atoms with van der Waals surface area (Å²) in [7, 11) is -3.63. The first kappa shape index (κ1) is 31.1.